The lowest BCUT2D eigenvalue weighted by Gasteiger charge is -2.18. The zero-order chi connectivity index (χ0) is 13.8. The van der Waals surface area contributed by atoms with Gasteiger partial charge in [0.15, 0.2) is 0 Å². The van der Waals surface area contributed by atoms with Gasteiger partial charge in [-0.25, -0.2) is 4.79 Å². The van der Waals surface area contributed by atoms with E-state index in [-0.39, 0.29) is 5.82 Å². The lowest BCUT2D eigenvalue weighted by atomic mass is 10.1. The van der Waals surface area contributed by atoms with Crippen molar-refractivity contribution in [1.82, 2.24) is 14.9 Å². The van der Waals surface area contributed by atoms with Crippen LogP contribution < -0.4 is 5.32 Å². The lowest BCUT2D eigenvalue weighted by molar-refractivity contribution is -0.389. The molecule has 0 saturated heterocycles. The summed E-state index contributed by atoms with van der Waals surface area (Å²) < 4.78 is 1.49. The first-order chi connectivity index (χ1) is 8.36. The average molecular weight is 255 g/mol. The molecule has 0 atom stereocenters. The number of nitrogens with one attached hydrogen (secondary N) is 1. The van der Waals surface area contributed by atoms with Crippen LogP contribution in [0.1, 0.15) is 13.8 Å². The highest BCUT2D eigenvalue weighted by Gasteiger charge is 2.22. The number of aromatic nitrogens is 2. The molecule has 1 rings (SSSR count). The zero-order valence-corrected chi connectivity index (χ0v) is 10.2. The minimum atomic E-state index is -0.713. The molecule has 98 valence electrons. The summed E-state index contributed by atoms with van der Waals surface area (Å²) in [5.74, 6) is -0.260. The van der Waals surface area contributed by atoms with Gasteiger partial charge in [-0.05, 0) is 23.8 Å². The quantitative estimate of drug-likeness (QED) is 0.371. The van der Waals surface area contributed by atoms with E-state index in [2.05, 4.69) is 20.3 Å². The van der Waals surface area contributed by atoms with Crippen LogP contribution in [0.25, 0.3) is 0 Å². The Kier molecular flexibility index (Phi) is 3.97. The maximum Gasteiger partial charge on any atom is 0.433 e. The molecule has 1 aromatic heterocycles. The molecule has 0 aromatic carbocycles. The number of hydrogen-bond acceptors (Lipinski definition) is 6. The standard InChI is InChI=1S/C9H13N5O4/c1-9(2,5-12-18-8(15)10-3)13-4-7(11-6-13)14(16)17/h4-6H,1-3H3,(H,10,15). The van der Waals surface area contributed by atoms with Crippen molar-refractivity contribution in [2.24, 2.45) is 5.16 Å². The number of hydrogen-bond donors (Lipinski definition) is 1. The molecule has 0 radical (unpaired) electrons. The van der Waals surface area contributed by atoms with Crippen molar-refractivity contribution in [1.29, 1.82) is 0 Å². The molecule has 9 nitrogen and oxygen atoms in total. The highest BCUT2D eigenvalue weighted by Crippen LogP contribution is 2.16. The molecule has 0 spiro atoms. The Morgan fingerprint density at radius 2 is 2.39 bits per heavy atom. The number of rotatable bonds is 4. The second-order valence-electron chi connectivity index (χ2n) is 3.91. The highest BCUT2D eigenvalue weighted by molar-refractivity contribution is 5.70. The van der Waals surface area contributed by atoms with Crippen molar-refractivity contribution in [3.63, 3.8) is 0 Å². The molecular weight excluding hydrogens is 242 g/mol. The lowest BCUT2D eigenvalue weighted by Crippen LogP contribution is -2.27. The summed E-state index contributed by atoms with van der Waals surface area (Å²) in [5.41, 5.74) is -0.713. The molecule has 0 fully saturated rings. The SMILES string of the molecule is CNC(=O)ON=CC(C)(C)n1cnc([N+](=O)[O-])c1. The van der Waals surface area contributed by atoms with Gasteiger partial charge in [-0.1, -0.05) is 5.16 Å². The Balaban J connectivity index is 2.78. The molecule has 0 aliphatic heterocycles. The molecule has 0 saturated carbocycles. The average Bonchev–Trinajstić information content (AvgIpc) is 2.78. The molecule has 18 heavy (non-hydrogen) atoms. The number of oxime groups is 1. The first-order valence-electron chi connectivity index (χ1n) is 4.99. The zero-order valence-electron chi connectivity index (χ0n) is 10.2. The first-order valence-corrected chi connectivity index (χ1v) is 4.99. The Hall–Kier alpha value is -2.45. The predicted molar refractivity (Wildman–Crippen MR) is 62.2 cm³/mol. The number of nitrogens with zero attached hydrogens (tertiary/aromatic N) is 4. The van der Waals surface area contributed by atoms with E-state index in [1.165, 1.54) is 30.4 Å². The molecule has 0 bridgehead atoms. The normalized spacial score (nSPS) is 11.5. The van der Waals surface area contributed by atoms with Crippen LogP contribution in [0.2, 0.25) is 0 Å². The van der Waals surface area contributed by atoms with Gasteiger partial charge in [0.05, 0.1) is 11.8 Å². The summed E-state index contributed by atoms with van der Waals surface area (Å²) in [6, 6.07) is 0. The highest BCUT2D eigenvalue weighted by atomic mass is 16.7. The summed E-state index contributed by atoms with van der Waals surface area (Å²) in [6.07, 6.45) is 3.22. The van der Waals surface area contributed by atoms with Gasteiger partial charge in [-0.15, -0.1) is 0 Å². The van der Waals surface area contributed by atoms with Crippen LogP contribution in [0.3, 0.4) is 0 Å². The number of amides is 1. The van der Waals surface area contributed by atoms with Crippen LogP contribution in [0.5, 0.6) is 0 Å². The summed E-state index contributed by atoms with van der Waals surface area (Å²) in [5, 5.41) is 16.2. The fourth-order valence-corrected chi connectivity index (χ4v) is 1.04. The monoisotopic (exact) mass is 255 g/mol. The minimum absolute atomic E-state index is 0.260. The molecule has 1 heterocycles. The van der Waals surface area contributed by atoms with Crippen molar-refractivity contribution in [2.45, 2.75) is 19.4 Å². The van der Waals surface area contributed by atoms with Crippen LogP contribution in [-0.2, 0) is 10.4 Å². The smallest absolute Gasteiger partial charge is 0.358 e. The van der Waals surface area contributed by atoms with Gasteiger partial charge in [0.1, 0.15) is 6.20 Å². The third-order valence-corrected chi connectivity index (χ3v) is 2.13. The molecule has 1 amide bonds. The maximum absolute atomic E-state index is 10.8. The second kappa shape index (κ2) is 5.25. The van der Waals surface area contributed by atoms with Gasteiger partial charge in [0.25, 0.3) is 0 Å². The minimum Gasteiger partial charge on any atom is -0.358 e. The predicted octanol–water partition coefficient (Wildman–Crippen LogP) is 0.868. The van der Waals surface area contributed by atoms with Crippen molar-refractivity contribution in [2.75, 3.05) is 7.05 Å². The Bertz CT molecular complexity index is 479. The molecular formula is C9H13N5O4. The van der Waals surface area contributed by atoms with Gasteiger partial charge >= 0.3 is 11.9 Å². The van der Waals surface area contributed by atoms with Crippen molar-refractivity contribution >= 4 is 18.1 Å². The molecule has 1 N–H and O–H groups in total. The number of carbonyl (C=O) groups excluding carboxylic acids is 1. The van der Waals surface area contributed by atoms with E-state index in [0.29, 0.717) is 0 Å². The third kappa shape index (κ3) is 3.27. The summed E-state index contributed by atoms with van der Waals surface area (Å²) in [6.45, 7) is 3.46. The number of nitro groups is 1. The van der Waals surface area contributed by atoms with Gasteiger partial charge in [-0.3, -0.25) is 9.40 Å². The molecule has 0 unspecified atom stereocenters. The van der Waals surface area contributed by atoms with Gasteiger partial charge < -0.3 is 15.4 Å². The van der Waals surface area contributed by atoms with E-state index in [0.717, 1.165) is 0 Å². The fourth-order valence-electron chi connectivity index (χ4n) is 1.04. The van der Waals surface area contributed by atoms with E-state index in [9.17, 15) is 14.9 Å². The van der Waals surface area contributed by atoms with E-state index in [4.69, 9.17) is 0 Å². The first kappa shape index (κ1) is 13.6. The molecule has 0 aliphatic rings. The van der Waals surface area contributed by atoms with E-state index in [1.54, 1.807) is 13.8 Å². The fraction of sp³-hybridized carbons (Fsp3) is 0.444. The summed E-state index contributed by atoms with van der Waals surface area (Å²) >= 11 is 0. The second-order valence-corrected chi connectivity index (χ2v) is 3.91. The number of imidazole rings is 1. The largest absolute Gasteiger partial charge is 0.433 e. The van der Waals surface area contributed by atoms with Gasteiger partial charge in [0, 0.05) is 7.05 Å². The van der Waals surface area contributed by atoms with Gasteiger partial charge in [0.2, 0.25) is 6.33 Å². The van der Waals surface area contributed by atoms with Crippen molar-refractivity contribution < 1.29 is 14.6 Å². The Morgan fingerprint density at radius 1 is 1.72 bits per heavy atom. The topological polar surface area (TPSA) is 112 Å². The summed E-state index contributed by atoms with van der Waals surface area (Å²) in [4.78, 5) is 28.8. The van der Waals surface area contributed by atoms with E-state index >= 15 is 0 Å². The Morgan fingerprint density at radius 3 is 2.89 bits per heavy atom. The molecule has 1 aromatic rings. The van der Waals surface area contributed by atoms with Crippen LogP contribution in [0, 0.1) is 10.1 Å². The van der Waals surface area contributed by atoms with Crippen LogP contribution in [0.4, 0.5) is 10.6 Å². The number of carbonyl (C=O) groups is 1. The van der Waals surface area contributed by atoms with E-state index in [1.807, 2.05) is 0 Å². The van der Waals surface area contributed by atoms with Crippen LogP contribution in [-0.4, -0.2) is 33.8 Å². The van der Waals surface area contributed by atoms with Gasteiger partial charge in [-0.2, -0.15) is 0 Å². The van der Waals surface area contributed by atoms with E-state index < -0.39 is 16.6 Å². The third-order valence-electron chi connectivity index (χ3n) is 2.13. The van der Waals surface area contributed by atoms with Crippen molar-refractivity contribution in [3.8, 4) is 0 Å². The summed E-state index contributed by atoms with van der Waals surface area (Å²) in [7, 11) is 1.40. The molecule has 9 heteroatoms. The Labute approximate surface area is 103 Å². The van der Waals surface area contributed by atoms with Crippen molar-refractivity contribution in [3.05, 3.63) is 22.6 Å². The molecule has 0 aliphatic carbocycles. The van der Waals surface area contributed by atoms with Crippen LogP contribution in [0.15, 0.2) is 17.7 Å². The maximum atomic E-state index is 10.8. The van der Waals surface area contributed by atoms with Crippen LogP contribution >= 0.6 is 0 Å².